The Hall–Kier alpha value is -3.93. The van der Waals surface area contributed by atoms with Crippen LogP contribution in [-0.2, 0) is 0 Å². The number of allylic oxidation sites excluding steroid dienone is 1. The zero-order chi connectivity index (χ0) is 39.5. The lowest BCUT2D eigenvalue weighted by Gasteiger charge is -2.61. The molecule has 0 spiro atoms. The lowest BCUT2D eigenvalue weighted by Crippen LogP contribution is -2.54. The van der Waals surface area contributed by atoms with E-state index in [0.29, 0.717) is 52.5 Å². The minimum atomic E-state index is -0.0546. The largest absolute Gasteiger partial charge is 0.490 e. The highest BCUT2D eigenvalue weighted by atomic mass is 16.5. The standard InChI is InChI=1S/C50H68N2O4/c1-33(2)7-6-8-34(3)43-21-22-44-42-20-14-37-31-41(25-27-49(37,4)45(42)26-28-50(43,44)5)56-40-16-9-35(10-17-40)11-23-47(53)36-12-18-39(19-13-36)54-29-30-55-48-24-15-38(51)32-46(48)52/h9-13,15-19,23-24,32-34,37,41-45H,6-8,14,20-22,25-31,51-52H2,1-5H3/t34-,37?,41?,42+,43-,44+,45+,49+,50-/m1/s1. The first-order valence-corrected chi connectivity index (χ1v) is 21.9. The summed E-state index contributed by atoms with van der Waals surface area (Å²) >= 11 is 0. The quantitative estimate of drug-likeness (QED) is 0.0693. The lowest BCUT2D eigenvalue weighted by molar-refractivity contribution is -0.126. The topological polar surface area (TPSA) is 96.8 Å². The number of ether oxygens (including phenoxy) is 3. The van der Waals surface area contributed by atoms with Crippen LogP contribution in [0.4, 0.5) is 11.4 Å². The van der Waals surface area contributed by atoms with Crippen molar-refractivity contribution in [2.75, 3.05) is 24.7 Å². The molecule has 2 unspecified atom stereocenters. The van der Waals surface area contributed by atoms with Crippen LogP contribution in [0, 0.1) is 52.3 Å². The Balaban J connectivity index is 0.861. The van der Waals surface area contributed by atoms with Gasteiger partial charge in [-0.15, -0.1) is 0 Å². The molecule has 4 aliphatic rings. The van der Waals surface area contributed by atoms with Gasteiger partial charge in [0.05, 0.1) is 11.8 Å². The second kappa shape index (κ2) is 17.3. The second-order valence-electron chi connectivity index (χ2n) is 19.0. The maximum absolute atomic E-state index is 12.9. The Labute approximate surface area is 337 Å². The van der Waals surface area contributed by atoms with Crippen LogP contribution in [0.1, 0.15) is 128 Å². The Morgan fingerprint density at radius 3 is 2.25 bits per heavy atom. The number of benzene rings is 3. The van der Waals surface area contributed by atoms with Crippen molar-refractivity contribution in [1.82, 2.24) is 0 Å². The van der Waals surface area contributed by atoms with Gasteiger partial charge in [-0.25, -0.2) is 0 Å². The molecular formula is C50H68N2O4. The SMILES string of the molecule is CC(C)CCC[C@@H](C)[C@H]1CC[C@H]2[C@@H]3CCC4CC(Oc5ccc(C=CC(=O)c6ccc(OCCOc7ccc(N)cc7N)cc6)cc5)CC[C@]4(C)[C@H]3CC[C@]12C. The molecule has 3 aromatic carbocycles. The summed E-state index contributed by atoms with van der Waals surface area (Å²) in [6.45, 7) is 13.4. The van der Waals surface area contributed by atoms with Crippen LogP contribution in [0.3, 0.4) is 0 Å². The molecule has 3 aromatic rings. The van der Waals surface area contributed by atoms with Gasteiger partial charge >= 0.3 is 0 Å². The normalized spacial score (nSPS) is 30.3. The smallest absolute Gasteiger partial charge is 0.185 e. The number of anilines is 2. The summed E-state index contributed by atoms with van der Waals surface area (Å²) in [4.78, 5) is 12.9. The first-order chi connectivity index (χ1) is 26.9. The van der Waals surface area contributed by atoms with Gasteiger partial charge in [-0.3, -0.25) is 4.79 Å². The predicted molar refractivity (Wildman–Crippen MR) is 230 cm³/mol. The Bertz CT molecular complexity index is 1800. The molecule has 4 saturated carbocycles. The van der Waals surface area contributed by atoms with Crippen molar-refractivity contribution in [3.8, 4) is 17.2 Å². The van der Waals surface area contributed by atoms with E-state index in [-0.39, 0.29) is 11.9 Å². The molecule has 0 radical (unpaired) electrons. The summed E-state index contributed by atoms with van der Waals surface area (Å²) in [6, 6.07) is 20.6. The van der Waals surface area contributed by atoms with Crippen molar-refractivity contribution in [2.45, 2.75) is 118 Å². The van der Waals surface area contributed by atoms with E-state index >= 15 is 0 Å². The predicted octanol–water partition coefficient (Wildman–Crippen LogP) is 12.1. The summed E-state index contributed by atoms with van der Waals surface area (Å²) in [5.74, 6) is 8.28. The molecule has 56 heavy (non-hydrogen) atoms. The highest BCUT2D eigenvalue weighted by Gasteiger charge is 2.60. The summed E-state index contributed by atoms with van der Waals surface area (Å²) in [7, 11) is 0. The van der Waals surface area contributed by atoms with Crippen LogP contribution in [0.5, 0.6) is 17.2 Å². The molecule has 0 saturated heterocycles. The zero-order valence-electron chi connectivity index (χ0n) is 34.8. The van der Waals surface area contributed by atoms with Crippen molar-refractivity contribution in [1.29, 1.82) is 0 Å². The van der Waals surface area contributed by atoms with Crippen molar-refractivity contribution < 1.29 is 19.0 Å². The molecule has 0 amide bonds. The van der Waals surface area contributed by atoms with Gasteiger partial charge in [-0.2, -0.15) is 0 Å². The maximum atomic E-state index is 12.9. The summed E-state index contributed by atoms with van der Waals surface area (Å²) < 4.78 is 18.1. The average Bonchev–Trinajstić information content (AvgIpc) is 3.54. The molecule has 6 nitrogen and oxygen atoms in total. The number of fused-ring (bicyclic) bond motifs is 5. The molecule has 4 fully saturated rings. The van der Waals surface area contributed by atoms with Crippen LogP contribution in [0.2, 0.25) is 0 Å². The number of hydrogen-bond acceptors (Lipinski definition) is 6. The minimum Gasteiger partial charge on any atom is -0.490 e. The number of nitrogens with two attached hydrogens (primary N) is 2. The van der Waals surface area contributed by atoms with Gasteiger partial charge in [-0.1, -0.05) is 72.1 Å². The van der Waals surface area contributed by atoms with Gasteiger partial charge in [0, 0.05) is 11.3 Å². The Kier molecular flexibility index (Phi) is 12.4. The van der Waals surface area contributed by atoms with Crippen LogP contribution in [0.15, 0.2) is 72.8 Å². The fourth-order valence-electron chi connectivity index (χ4n) is 12.2. The Morgan fingerprint density at radius 1 is 0.786 bits per heavy atom. The van der Waals surface area contributed by atoms with Crippen LogP contribution in [0.25, 0.3) is 6.08 Å². The molecule has 9 atom stereocenters. The van der Waals surface area contributed by atoms with E-state index in [1.165, 1.54) is 70.6 Å². The molecule has 6 heteroatoms. The second-order valence-corrected chi connectivity index (χ2v) is 19.0. The first kappa shape index (κ1) is 40.3. The summed E-state index contributed by atoms with van der Waals surface area (Å²) in [5.41, 5.74) is 15.4. The molecule has 7 rings (SSSR count). The molecule has 0 bridgehead atoms. The highest BCUT2D eigenvalue weighted by molar-refractivity contribution is 6.06. The van der Waals surface area contributed by atoms with Crippen molar-refractivity contribution in [2.24, 2.45) is 52.3 Å². The van der Waals surface area contributed by atoms with E-state index in [1.54, 1.807) is 48.5 Å². The van der Waals surface area contributed by atoms with E-state index in [0.717, 1.165) is 59.2 Å². The van der Waals surface area contributed by atoms with E-state index in [2.05, 4.69) is 46.8 Å². The van der Waals surface area contributed by atoms with Crippen molar-refractivity contribution in [3.63, 3.8) is 0 Å². The van der Waals surface area contributed by atoms with Crippen LogP contribution in [-0.4, -0.2) is 25.1 Å². The number of hydrogen-bond donors (Lipinski definition) is 2. The van der Waals surface area contributed by atoms with Gasteiger partial charge < -0.3 is 25.7 Å². The van der Waals surface area contributed by atoms with E-state index in [4.69, 9.17) is 25.7 Å². The number of carbonyl (C=O) groups is 1. The summed E-state index contributed by atoms with van der Waals surface area (Å²) in [5, 5.41) is 0. The van der Waals surface area contributed by atoms with Gasteiger partial charge in [0.2, 0.25) is 0 Å². The summed E-state index contributed by atoms with van der Waals surface area (Å²) in [6.07, 6.45) is 20.3. The maximum Gasteiger partial charge on any atom is 0.185 e. The number of rotatable bonds is 15. The van der Waals surface area contributed by atoms with Crippen molar-refractivity contribution >= 4 is 23.2 Å². The number of nitrogen functional groups attached to an aromatic ring is 2. The van der Waals surface area contributed by atoms with E-state index < -0.39 is 0 Å². The van der Waals surface area contributed by atoms with E-state index in [1.807, 2.05) is 18.2 Å². The number of carbonyl (C=O) groups excluding carboxylic acids is 1. The highest BCUT2D eigenvalue weighted by Crippen LogP contribution is 2.68. The average molecular weight is 761 g/mol. The molecule has 0 heterocycles. The fourth-order valence-corrected chi connectivity index (χ4v) is 12.2. The third-order valence-corrected chi connectivity index (χ3v) is 15.2. The Morgan fingerprint density at radius 2 is 1.50 bits per heavy atom. The monoisotopic (exact) mass is 761 g/mol. The zero-order valence-corrected chi connectivity index (χ0v) is 34.8. The van der Waals surface area contributed by atoms with Gasteiger partial charge in [0.1, 0.15) is 30.5 Å². The number of ketones is 1. The minimum absolute atomic E-state index is 0.0546. The third kappa shape index (κ3) is 8.80. The van der Waals surface area contributed by atoms with Gasteiger partial charge in [0.25, 0.3) is 0 Å². The van der Waals surface area contributed by atoms with Gasteiger partial charge in [0.15, 0.2) is 5.78 Å². The van der Waals surface area contributed by atoms with Crippen LogP contribution >= 0.6 is 0 Å². The lowest BCUT2D eigenvalue weighted by atomic mass is 9.44. The van der Waals surface area contributed by atoms with E-state index in [9.17, 15) is 4.79 Å². The van der Waals surface area contributed by atoms with Crippen molar-refractivity contribution in [3.05, 3.63) is 83.9 Å². The molecule has 4 N–H and O–H groups in total. The third-order valence-electron chi connectivity index (χ3n) is 15.2. The molecule has 302 valence electrons. The first-order valence-electron chi connectivity index (χ1n) is 21.9. The molecule has 0 aliphatic heterocycles. The van der Waals surface area contributed by atoms with Gasteiger partial charge in [-0.05, 0) is 176 Å². The van der Waals surface area contributed by atoms with Crippen LogP contribution < -0.4 is 25.7 Å². The fraction of sp³-hybridized carbons (Fsp3) is 0.580. The molecular weight excluding hydrogens is 693 g/mol. The molecule has 4 aliphatic carbocycles. The molecule has 0 aromatic heterocycles.